The highest BCUT2D eigenvalue weighted by molar-refractivity contribution is 8.17. The van der Waals surface area contributed by atoms with Crippen molar-refractivity contribution in [2.45, 2.75) is 24.3 Å². The number of rotatable bonds is 6. The third-order valence-corrected chi connectivity index (χ3v) is 5.11. The zero-order valence-corrected chi connectivity index (χ0v) is 10.2. The van der Waals surface area contributed by atoms with Crippen molar-refractivity contribution in [1.29, 1.82) is 0 Å². The number of thioether (sulfide) groups is 2. The second-order valence-electron chi connectivity index (χ2n) is 3.32. The molecule has 1 atom stereocenters. The molecule has 0 aromatic carbocycles. The molecule has 0 aliphatic carbocycles. The first kappa shape index (κ1) is 12.4. The Labute approximate surface area is 94.5 Å². The molecule has 0 aromatic rings. The van der Waals surface area contributed by atoms with Crippen LogP contribution in [-0.4, -0.2) is 35.6 Å². The van der Waals surface area contributed by atoms with Crippen molar-refractivity contribution in [3.05, 3.63) is 0 Å². The third kappa shape index (κ3) is 4.71. The molecule has 1 rings (SSSR count). The van der Waals surface area contributed by atoms with Gasteiger partial charge in [0, 0.05) is 12.5 Å². The maximum atomic E-state index is 10.8. The molecule has 0 spiro atoms. The molecule has 82 valence electrons. The van der Waals surface area contributed by atoms with Crippen molar-refractivity contribution >= 4 is 29.8 Å². The molecule has 1 fully saturated rings. The van der Waals surface area contributed by atoms with Crippen LogP contribution in [-0.2, 0) is 9.53 Å². The lowest BCUT2D eigenvalue weighted by molar-refractivity contribution is -0.112. The van der Waals surface area contributed by atoms with Gasteiger partial charge in [-0.15, -0.1) is 23.5 Å². The van der Waals surface area contributed by atoms with E-state index >= 15 is 0 Å². The van der Waals surface area contributed by atoms with Gasteiger partial charge in [0.1, 0.15) is 6.29 Å². The maximum absolute atomic E-state index is 10.8. The van der Waals surface area contributed by atoms with Gasteiger partial charge in [-0.1, -0.05) is 0 Å². The minimum Gasteiger partial charge on any atom is -0.381 e. The average Bonchev–Trinajstić information content (AvgIpc) is 2.25. The van der Waals surface area contributed by atoms with E-state index in [-0.39, 0.29) is 5.92 Å². The Kier molecular flexibility index (Phi) is 6.73. The molecule has 1 aliphatic rings. The predicted octanol–water partition coefficient (Wildman–Crippen LogP) is 2.42. The lowest BCUT2D eigenvalue weighted by Gasteiger charge is -2.23. The molecule has 1 aliphatic heterocycles. The Morgan fingerprint density at radius 2 is 2.21 bits per heavy atom. The van der Waals surface area contributed by atoms with Crippen molar-refractivity contribution < 1.29 is 9.53 Å². The SMILES string of the molecule is CCOC[C@H](C=O)CC1SCCCS1. The first-order valence-corrected chi connectivity index (χ1v) is 7.22. The van der Waals surface area contributed by atoms with Crippen LogP contribution in [0.5, 0.6) is 0 Å². The van der Waals surface area contributed by atoms with Crippen LogP contribution in [0.4, 0.5) is 0 Å². The number of aldehydes is 1. The Bertz CT molecular complexity index is 158. The van der Waals surface area contributed by atoms with E-state index < -0.39 is 0 Å². The van der Waals surface area contributed by atoms with Gasteiger partial charge in [0.15, 0.2) is 0 Å². The lowest BCUT2D eigenvalue weighted by atomic mass is 10.1. The second-order valence-corrected chi connectivity index (χ2v) is 6.24. The van der Waals surface area contributed by atoms with Crippen LogP contribution in [0.2, 0.25) is 0 Å². The number of hydrogen-bond acceptors (Lipinski definition) is 4. The summed E-state index contributed by atoms with van der Waals surface area (Å²) in [6.45, 7) is 3.26. The molecular formula is C10H18O2S2. The zero-order chi connectivity index (χ0) is 10.2. The quantitative estimate of drug-likeness (QED) is 0.659. The largest absolute Gasteiger partial charge is 0.381 e. The molecule has 1 heterocycles. The van der Waals surface area contributed by atoms with E-state index in [9.17, 15) is 4.79 Å². The fourth-order valence-corrected chi connectivity index (χ4v) is 4.41. The van der Waals surface area contributed by atoms with Gasteiger partial charge in [-0.25, -0.2) is 0 Å². The number of carbonyl (C=O) groups is 1. The monoisotopic (exact) mass is 234 g/mol. The molecule has 2 nitrogen and oxygen atoms in total. The summed E-state index contributed by atoms with van der Waals surface area (Å²) < 4.78 is 5.89. The van der Waals surface area contributed by atoms with Crippen LogP contribution in [0.1, 0.15) is 19.8 Å². The molecule has 0 unspecified atom stereocenters. The summed E-state index contributed by atoms with van der Waals surface area (Å²) in [5, 5.41) is 0. The standard InChI is InChI=1S/C10H18O2S2/c1-2-12-8-9(7-11)6-10-13-4-3-5-14-10/h7,9-10H,2-6,8H2,1H3/t9-/m0/s1. The van der Waals surface area contributed by atoms with Gasteiger partial charge in [-0.2, -0.15) is 0 Å². The molecule has 0 N–H and O–H groups in total. The topological polar surface area (TPSA) is 26.3 Å². The second kappa shape index (κ2) is 7.60. The molecule has 4 heteroatoms. The molecule has 1 saturated heterocycles. The molecule has 0 aromatic heterocycles. The molecule has 0 amide bonds. The highest BCUT2D eigenvalue weighted by atomic mass is 32.2. The smallest absolute Gasteiger partial charge is 0.125 e. The number of hydrogen-bond donors (Lipinski definition) is 0. The first-order chi connectivity index (χ1) is 6.86. The van der Waals surface area contributed by atoms with Gasteiger partial charge in [0.2, 0.25) is 0 Å². The van der Waals surface area contributed by atoms with Gasteiger partial charge in [-0.05, 0) is 31.3 Å². The lowest BCUT2D eigenvalue weighted by Crippen LogP contribution is -2.18. The van der Waals surface area contributed by atoms with E-state index in [1.54, 1.807) is 0 Å². The highest BCUT2D eigenvalue weighted by Gasteiger charge is 2.19. The Balaban J connectivity index is 2.20. The van der Waals surface area contributed by atoms with E-state index in [1.807, 2.05) is 30.4 Å². The molecule has 0 saturated carbocycles. The molecule has 0 radical (unpaired) electrons. The van der Waals surface area contributed by atoms with Crippen LogP contribution in [0, 0.1) is 5.92 Å². The maximum Gasteiger partial charge on any atom is 0.125 e. The fraction of sp³-hybridized carbons (Fsp3) is 0.900. The third-order valence-electron chi connectivity index (χ3n) is 2.12. The Morgan fingerprint density at radius 3 is 2.79 bits per heavy atom. The summed E-state index contributed by atoms with van der Waals surface area (Å²) in [6, 6.07) is 0. The minimum absolute atomic E-state index is 0.0954. The molecule has 14 heavy (non-hydrogen) atoms. The summed E-state index contributed by atoms with van der Waals surface area (Å²) in [5.74, 6) is 2.59. The van der Waals surface area contributed by atoms with E-state index in [0.717, 1.165) is 12.7 Å². The Hall–Kier alpha value is 0.330. The number of ether oxygens (including phenoxy) is 1. The van der Waals surface area contributed by atoms with Gasteiger partial charge < -0.3 is 9.53 Å². The van der Waals surface area contributed by atoms with E-state index in [4.69, 9.17) is 4.74 Å². The summed E-state index contributed by atoms with van der Waals surface area (Å²) in [4.78, 5) is 10.8. The summed E-state index contributed by atoms with van der Waals surface area (Å²) >= 11 is 3.98. The minimum atomic E-state index is 0.0954. The number of carbonyl (C=O) groups excluding carboxylic acids is 1. The predicted molar refractivity (Wildman–Crippen MR) is 64.0 cm³/mol. The van der Waals surface area contributed by atoms with Crippen molar-refractivity contribution in [2.75, 3.05) is 24.7 Å². The van der Waals surface area contributed by atoms with E-state index in [1.165, 1.54) is 17.9 Å². The summed E-state index contributed by atoms with van der Waals surface area (Å²) in [6.07, 6.45) is 3.33. The van der Waals surface area contributed by atoms with Gasteiger partial charge in [-0.3, -0.25) is 0 Å². The molecular weight excluding hydrogens is 216 g/mol. The zero-order valence-electron chi connectivity index (χ0n) is 8.61. The van der Waals surface area contributed by atoms with Crippen LogP contribution >= 0.6 is 23.5 Å². The van der Waals surface area contributed by atoms with Crippen molar-refractivity contribution in [3.63, 3.8) is 0 Å². The Morgan fingerprint density at radius 1 is 1.50 bits per heavy atom. The van der Waals surface area contributed by atoms with Crippen LogP contribution in [0.15, 0.2) is 0 Å². The fourth-order valence-electron chi connectivity index (χ4n) is 1.35. The van der Waals surface area contributed by atoms with Gasteiger partial charge >= 0.3 is 0 Å². The van der Waals surface area contributed by atoms with Crippen molar-refractivity contribution in [2.24, 2.45) is 5.92 Å². The molecule has 0 bridgehead atoms. The van der Waals surface area contributed by atoms with Crippen LogP contribution in [0.25, 0.3) is 0 Å². The van der Waals surface area contributed by atoms with Gasteiger partial charge in [0.25, 0.3) is 0 Å². The van der Waals surface area contributed by atoms with Crippen molar-refractivity contribution in [3.8, 4) is 0 Å². The summed E-state index contributed by atoms with van der Waals surface area (Å²) in [7, 11) is 0. The van der Waals surface area contributed by atoms with E-state index in [0.29, 0.717) is 17.8 Å². The first-order valence-electron chi connectivity index (χ1n) is 5.13. The van der Waals surface area contributed by atoms with Crippen molar-refractivity contribution in [1.82, 2.24) is 0 Å². The van der Waals surface area contributed by atoms with Gasteiger partial charge in [0.05, 0.1) is 11.2 Å². The normalized spacial score (nSPS) is 20.6. The van der Waals surface area contributed by atoms with Crippen LogP contribution < -0.4 is 0 Å². The van der Waals surface area contributed by atoms with E-state index in [2.05, 4.69) is 0 Å². The highest BCUT2D eigenvalue weighted by Crippen LogP contribution is 2.34. The van der Waals surface area contributed by atoms with Crippen LogP contribution in [0.3, 0.4) is 0 Å². The summed E-state index contributed by atoms with van der Waals surface area (Å²) in [5.41, 5.74) is 0. The average molecular weight is 234 g/mol.